The first-order valence-corrected chi connectivity index (χ1v) is 6.83. The largest absolute Gasteiger partial charge is 0.441 e. The Hall–Kier alpha value is -1.68. The topological polar surface area (TPSA) is 55.1 Å². The Morgan fingerprint density at radius 1 is 1.42 bits per heavy atom. The fraction of sp³-hybridized carbons (Fsp3) is 0.467. The summed E-state index contributed by atoms with van der Waals surface area (Å²) in [6.45, 7) is 3.87. The number of carbonyl (C=O) groups excluding carboxylic acids is 1. The second-order valence-electron chi connectivity index (χ2n) is 5.24. The van der Waals surface area contributed by atoms with Crippen molar-refractivity contribution in [2.45, 2.75) is 26.2 Å². The Balaban J connectivity index is 1.76. The maximum absolute atomic E-state index is 12.3. The van der Waals surface area contributed by atoms with E-state index in [2.05, 4.69) is 10.3 Å². The quantitative estimate of drug-likeness (QED) is 0.860. The SMILES string of the molecule is Cc1nc2ccc(C(=O)CC3CCNCC3)cc2o1. The van der Waals surface area contributed by atoms with Crippen LogP contribution in [0.3, 0.4) is 0 Å². The number of aryl methyl sites for hydroxylation is 1. The maximum atomic E-state index is 12.3. The number of nitrogens with one attached hydrogen (secondary N) is 1. The monoisotopic (exact) mass is 258 g/mol. The minimum atomic E-state index is 0.211. The standard InChI is InChI=1S/C15H18N2O2/c1-10-17-13-3-2-12(9-15(13)19-10)14(18)8-11-4-6-16-7-5-11/h2-3,9,11,16H,4-8H2,1H3. The van der Waals surface area contributed by atoms with Gasteiger partial charge >= 0.3 is 0 Å². The molecule has 1 saturated heterocycles. The molecular weight excluding hydrogens is 240 g/mol. The van der Waals surface area contributed by atoms with Crippen molar-refractivity contribution in [1.29, 1.82) is 0 Å². The summed E-state index contributed by atoms with van der Waals surface area (Å²) in [5.74, 6) is 1.36. The van der Waals surface area contributed by atoms with Gasteiger partial charge in [-0.25, -0.2) is 4.98 Å². The van der Waals surface area contributed by atoms with Gasteiger partial charge in [-0.2, -0.15) is 0 Å². The van der Waals surface area contributed by atoms with E-state index in [-0.39, 0.29) is 5.78 Å². The van der Waals surface area contributed by atoms with E-state index in [0.29, 0.717) is 23.8 Å². The van der Waals surface area contributed by atoms with Crippen molar-refractivity contribution in [2.75, 3.05) is 13.1 Å². The summed E-state index contributed by atoms with van der Waals surface area (Å²) in [7, 11) is 0. The number of rotatable bonds is 3. The normalized spacial score (nSPS) is 16.9. The number of fused-ring (bicyclic) bond motifs is 1. The third-order valence-corrected chi connectivity index (χ3v) is 3.75. The van der Waals surface area contributed by atoms with E-state index >= 15 is 0 Å². The van der Waals surface area contributed by atoms with Crippen molar-refractivity contribution in [3.8, 4) is 0 Å². The zero-order chi connectivity index (χ0) is 13.2. The van der Waals surface area contributed by atoms with Gasteiger partial charge < -0.3 is 9.73 Å². The van der Waals surface area contributed by atoms with Gasteiger partial charge in [-0.3, -0.25) is 4.79 Å². The lowest BCUT2D eigenvalue weighted by molar-refractivity contribution is 0.0952. The van der Waals surface area contributed by atoms with E-state index in [1.807, 2.05) is 25.1 Å². The number of oxazole rings is 1. The predicted molar refractivity (Wildman–Crippen MR) is 73.3 cm³/mol. The summed E-state index contributed by atoms with van der Waals surface area (Å²) in [4.78, 5) is 16.5. The second kappa shape index (κ2) is 5.13. The van der Waals surface area contributed by atoms with Crippen LogP contribution in [0, 0.1) is 12.8 Å². The van der Waals surface area contributed by atoms with Crippen molar-refractivity contribution in [3.63, 3.8) is 0 Å². The molecular formula is C15H18N2O2. The number of aromatic nitrogens is 1. The molecule has 1 aliphatic heterocycles. The van der Waals surface area contributed by atoms with Crippen LogP contribution in [0.4, 0.5) is 0 Å². The average molecular weight is 258 g/mol. The molecule has 0 aliphatic carbocycles. The first-order chi connectivity index (χ1) is 9.22. The van der Waals surface area contributed by atoms with Gasteiger partial charge in [0, 0.05) is 18.9 Å². The summed E-state index contributed by atoms with van der Waals surface area (Å²) in [5.41, 5.74) is 2.26. The molecule has 3 rings (SSSR count). The lowest BCUT2D eigenvalue weighted by atomic mass is 9.90. The summed E-state index contributed by atoms with van der Waals surface area (Å²) in [6.07, 6.45) is 2.82. The van der Waals surface area contributed by atoms with Gasteiger partial charge in [0.15, 0.2) is 17.3 Å². The van der Waals surface area contributed by atoms with Gasteiger partial charge in [-0.15, -0.1) is 0 Å². The van der Waals surface area contributed by atoms with Crippen LogP contribution in [0.2, 0.25) is 0 Å². The van der Waals surface area contributed by atoms with Gasteiger partial charge in [-0.1, -0.05) is 0 Å². The van der Waals surface area contributed by atoms with Gasteiger partial charge in [0.2, 0.25) is 0 Å². The van der Waals surface area contributed by atoms with Crippen LogP contribution in [0.25, 0.3) is 11.1 Å². The second-order valence-corrected chi connectivity index (χ2v) is 5.24. The van der Waals surface area contributed by atoms with Gasteiger partial charge in [-0.05, 0) is 50.0 Å². The Morgan fingerprint density at radius 3 is 3.00 bits per heavy atom. The van der Waals surface area contributed by atoms with Crippen LogP contribution in [0.15, 0.2) is 22.6 Å². The van der Waals surface area contributed by atoms with Crippen molar-refractivity contribution < 1.29 is 9.21 Å². The highest BCUT2D eigenvalue weighted by atomic mass is 16.3. The summed E-state index contributed by atoms with van der Waals surface area (Å²) in [5, 5.41) is 3.32. The van der Waals surface area contributed by atoms with E-state index in [4.69, 9.17) is 4.42 Å². The Morgan fingerprint density at radius 2 is 2.21 bits per heavy atom. The van der Waals surface area contributed by atoms with Crippen molar-refractivity contribution >= 4 is 16.9 Å². The van der Waals surface area contributed by atoms with Crippen LogP contribution in [0.1, 0.15) is 35.5 Å². The fourth-order valence-electron chi connectivity index (χ4n) is 2.68. The van der Waals surface area contributed by atoms with E-state index in [1.54, 1.807) is 0 Å². The minimum absolute atomic E-state index is 0.211. The van der Waals surface area contributed by atoms with Crippen LogP contribution < -0.4 is 5.32 Å². The first kappa shape index (κ1) is 12.4. The number of carbonyl (C=O) groups is 1. The molecule has 2 aromatic rings. The highest BCUT2D eigenvalue weighted by molar-refractivity contribution is 5.98. The molecule has 0 unspecified atom stereocenters. The van der Waals surface area contributed by atoms with Crippen LogP contribution >= 0.6 is 0 Å². The number of nitrogens with zero attached hydrogens (tertiary/aromatic N) is 1. The van der Waals surface area contributed by atoms with Crippen LogP contribution in [-0.4, -0.2) is 23.9 Å². The fourth-order valence-corrected chi connectivity index (χ4v) is 2.68. The van der Waals surface area contributed by atoms with Gasteiger partial charge in [0.05, 0.1) is 0 Å². The third-order valence-electron chi connectivity index (χ3n) is 3.75. The molecule has 0 atom stereocenters. The molecule has 1 fully saturated rings. The molecule has 1 aromatic carbocycles. The van der Waals surface area contributed by atoms with Crippen LogP contribution in [-0.2, 0) is 0 Å². The molecule has 0 spiro atoms. The molecule has 100 valence electrons. The summed E-state index contributed by atoms with van der Waals surface area (Å²) < 4.78 is 5.48. The molecule has 2 heterocycles. The molecule has 1 aromatic heterocycles. The van der Waals surface area contributed by atoms with Gasteiger partial charge in [0.25, 0.3) is 0 Å². The number of ketones is 1. The zero-order valence-electron chi connectivity index (χ0n) is 11.1. The highest BCUT2D eigenvalue weighted by Gasteiger charge is 2.18. The number of piperidine rings is 1. The number of hydrogen-bond acceptors (Lipinski definition) is 4. The Labute approximate surface area is 112 Å². The van der Waals surface area contributed by atoms with Gasteiger partial charge in [0.1, 0.15) is 5.52 Å². The number of benzene rings is 1. The first-order valence-electron chi connectivity index (χ1n) is 6.83. The van der Waals surface area contributed by atoms with E-state index in [0.717, 1.165) is 37.0 Å². The number of Topliss-reactive ketones (excluding diaryl/α,β-unsaturated/α-hetero) is 1. The summed E-state index contributed by atoms with van der Waals surface area (Å²) >= 11 is 0. The molecule has 4 nitrogen and oxygen atoms in total. The molecule has 0 saturated carbocycles. The van der Waals surface area contributed by atoms with Crippen LogP contribution in [0.5, 0.6) is 0 Å². The summed E-state index contributed by atoms with van der Waals surface area (Å²) in [6, 6.07) is 5.54. The molecule has 1 N–H and O–H groups in total. The molecule has 19 heavy (non-hydrogen) atoms. The minimum Gasteiger partial charge on any atom is -0.441 e. The zero-order valence-corrected chi connectivity index (χ0v) is 11.1. The van der Waals surface area contributed by atoms with Crippen molar-refractivity contribution in [3.05, 3.63) is 29.7 Å². The Bertz CT molecular complexity index is 597. The smallest absolute Gasteiger partial charge is 0.192 e. The average Bonchev–Trinajstić information content (AvgIpc) is 2.78. The molecule has 0 amide bonds. The maximum Gasteiger partial charge on any atom is 0.192 e. The third kappa shape index (κ3) is 2.68. The molecule has 0 bridgehead atoms. The lowest BCUT2D eigenvalue weighted by Crippen LogP contribution is -2.28. The highest BCUT2D eigenvalue weighted by Crippen LogP contribution is 2.22. The van der Waals surface area contributed by atoms with Crippen molar-refractivity contribution in [2.24, 2.45) is 5.92 Å². The molecule has 4 heteroatoms. The Kier molecular flexibility index (Phi) is 3.34. The van der Waals surface area contributed by atoms with E-state index < -0.39 is 0 Å². The molecule has 0 radical (unpaired) electrons. The molecule has 1 aliphatic rings. The van der Waals surface area contributed by atoms with E-state index in [1.165, 1.54) is 0 Å². The van der Waals surface area contributed by atoms with E-state index in [9.17, 15) is 4.79 Å². The number of hydrogen-bond donors (Lipinski definition) is 1. The predicted octanol–water partition coefficient (Wildman–Crippen LogP) is 2.71. The van der Waals surface area contributed by atoms with Crippen molar-refractivity contribution in [1.82, 2.24) is 10.3 Å². The lowest BCUT2D eigenvalue weighted by Gasteiger charge is -2.21.